The largest absolute Gasteiger partial charge is 0.357 e. The third kappa shape index (κ3) is 3.80. The van der Waals surface area contributed by atoms with Crippen LogP contribution in [-0.4, -0.2) is 46.8 Å². The molecule has 2 aliphatic heterocycles. The molecule has 8 nitrogen and oxygen atoms in total. The topological polar surface area (TPSA) is 104 Å². The molecular formula is C24H27N7O. The van der Waals surface area contributed by atoms with E-state index < -0.39 is 0 Å². The van der Waals surface area contributed by atoms with Gasteiger partial charge in [0.15, 0.2) is 0 Å². The molecule has 2 aromatic heterocycles. The highest BCUT2D eigenvalue weighted by molar-refractivity contribution is 5.81. The SMILES string of the molecule is N#Cc1ccccc1Cn1c(N2CCC[C@@H](N)C2)nc2cnc(N3CCCC3)cc2c1=O. The molecule has 32 heavy (non-hydrogen) atoms. The van der Waals surface area contributed by atoms with Gasteiger partial charge in [-0.15, -0.1) is 0 Å². The van der Waals surface area contributed by atoms with E-state index in [1.807, 2.05) is 24.3 Å². The Labute approximate surface area is 186 Å². The number of benzene rings is 1. The first-order chi connectivity index (χ1) is 15.6. The van der Waals surface area contributed by atoms with Gasteiger partial charge < -0.3 is 15.5 Å². The second-order valence-corrected chi connectivity index (χ2v) is 8.67. The standard InChI is InChI=1S/C24H27N7O/c25-13-17-6-1-2-7-18(17)15-31-23(32)20-12-22(29-9-3-4-10-29)27-14-21(20)28-24(31)30-11-5-8-19(26)16-30/h1-2,6-7,12,14,19H,3-5,8-11,15-16,26H2/t19-/m1/s1. The number of fused-ring (bicyclic) bond motifs is 1. The molecule has 0 saturated carbocycles. The van der Waals surface area contributed by atoms with E-state index >= 15 is 0 Å². The van der Waals surface area contributed by atoms with E-state index in [-0.39, 0.29) is 18.1 Å². The maximum Gasteiger partial charge on any atom is 0.263 e. The van der Waals surface area contributed by atoms with E-state index in [0.717, 1.165) is 56.7 Å². The van der Waals surface area contributed by atoms with E-state index in [0.29, 0.717) is 29.0 Å². The average molecular weight is 430 g/mol. The number of piperidine rings is 1. The van der Waals surface area contributed by atoms with Crippen molar-refractivity contribution >= 4 is 22.7 Å². The first-order valence-electron chi connectivity index (χ1n) is 11.3. The zero-order valence-electron chi connectivity index (χ0n) is 18.1. The normalized spacial score (nSPS) is 18.8. The molecule has 2 saturated heterocycles. The van der Waals surface area contributed by atoms with E-state index in [9.17, 15) is 10.1 Å². The predicted molar refractivity (Wildman–Crippen MR) is 125 cm³/mol. The minimum atomic E-state index is -0.111. The van der Waals surface area contributed by atoms with Crippen LogP contribution in [0.2, 0.25) is 0 Å². The first kappa shape index (κ1) is 20.5. The van der Waals surface area contributed by atoms with Crippen LogP contribution in [0, 0.1) is 11.3 Å². The number of hydrogen-bond acceptors (Lipinski definition) is 7. The molecule has 164 valence electrons. The molecule has 8 heteroatoms. The molecule has 4 heterocycles. The van der Waals surface area contributed by atoms with Gasteiger partial charge in [-0.05, 0) is 43.4 Å². The number of hydrogen-bond donors (Lipinski definition) is 1. The van der Waals surface area contributed by atoms with Crippen molar-refractivity contribution in [2.75, 3.05) is 36.0 Å². The highest BCUT2D eigenvalue weighted by Gasteiger charge is 2.24. The molecule has 1 aromatic carbocycles. The number of anilines is 2. The van der Waals surface area contributed by atoms with Gasteiger partial charge in [0.2, 0.25) is 5.95 Å². The van der Waals surface area contributed by atoms with Crippen molar-refractivity contribution in [3.8, 4) is 6.07 Å². The van der Waals surface area contributed by atoms with Crippen molar-refractivity contribution in [3.63, 3.8) is 0 Å². The minimum absolute atomic E-state index is 0.0480. The number of nitrogens with zero attached hydrogens (tertiary/aromatic N) is 6. The summed E-state index contributed by atoms with van der Waals surface area (Å²) in [5.41, 5.74) is 8.08. The van der Waals surface area contributed by atoms with E-state index in [4.69, 9.17) is 10.7 Å². The molecule has 0 spiro atoms. The summed E-state index contributed by atoms with van der Waals surface area (Å²) in [5.74, 6) is 1.42. The minimum Gasteiger partial charge on any atom is -0.357 e. The van der Waals surface area contributed by atoms with Gasteiger partial charge in [0, 0.05) is 32.2 Å². The molecule has 0 bridgehead atoms. The van der Waals surface area contributed by atoms with Crippen LogP contribution in [0.5, 0.6) is 0 Å². The van der Waals surface area contributed by atoms with Crippen LogP contribution in [0.15, 0.2) is 41.3 Å². The van der Waals surface area contributed by atoms with Crippen molar-refractivity contribution < 1.29 is 0 Å². The molecule has 2 aliphatic rings. The van der Waals surface area contributed by atoms with Crippen molar-refractivity contribution in [2.24, 2.45) is 5.73 Å². The Morgan fingerprint density at radius 3 is 2.69 bits per heavy atom. The van der Waals surface area contributed by atoms with E-state index in [1.165, 1.54) is 0 Å². The summed E-state index contributed by atoms with van der Waals surface area (Å²) >= 11 is 0. The number of pyridine rings is 1. The Hall–Kier alpha value is -3.44. The fourth-order valence-corrected chi connectivity index (χ4v) is 4.73. The summed E-state index contributed by atoms with van der Waals surface area (Å²) < 4.78 is 1.70. The van der Waals surface area contributed by atoms with Crippen LogP contribution >= 0.6 is 0 Å². The van der Waals surface area contributed by atoms with Gasteiger partial charge in [0.1, 0.15) is 5.82 Å². The van der Waals surface area contributed by atoms with Crippen molar-refractivity contribution in [1.29, 1.82) is 5.26 Å². The molecule has 2 N–H and O–H groups in total. The predicted octanol–water partition coefficient (Wildman–Crippen LogP) is 2.24. The average Bonchev–Trinajstić information content (AvgIpc) is 3.36. The van der Waals surface area contributed by atoms with Crippen molar-refractivity contribution in [3.05, 3.63) is 58.0 Å². The highest BCUT2D eigenvalue weighted by atomic mass is 16.1. The Balaban J connectivity index is 1.66. The zero-order valence-corrected chi connectivity index (χ0v) is 18.1. The molecule has 0 unspecified atom stereocenters. The summed E-state index contributed by atoms with van der Waals surface area (Å²) in [5, 5.41) is 10.1. The first-order valence-corrected chi connectivity index (χ1v) is 11.3. The van der Waals surface area contributed by atoms with Crippen LogP contribution in [0.1, 0.15) is 36.8 Å². The summed E-state index contributed by atoms with van der Waals surface area (Å²) in [6, 6.07) is 11.6. The fourth-order valence-electron chi connectivity index (χ4n) is 4.73. The summed E-state index contributed by atoms with van der Waals surface area (Å²) in [4.78, 5) is 27.6. The monoisotopic (exact) mass is 429 g/mol. The summed E-state index contributed by atoms with van der Waals surface area (Å²) in [6.07, 6.45) is 5.91. The molecule has 2 fully saturated rings. The van der Waals surface area contributed by atoms with Crippen LogP contribution in [0.3, 0.4) is 0 Å². The smallest absolute Gasteiger partial charge is 0.263 e. The van der Waals surface area contributed by atoms with Gasteiger partial charge in [-0.1, -0.05) is 18.2 Å². The fraction of sp³-hybridized carbons (Fsp3) is 0.417. The number of nitriles is 1. The van der Waals surface area contributed by atoms with Gasteiger partial charge in [-0.2, -0.15) is 5.26 Å². The molecule has 0 radical (unpaired) electrons. The third-order valence-electron chi connectivity index (χ3n) is 6.44. The molecule has 0 aliphatic carbocycles. The molecule has 1 atom stereocenters. The Morgan fingerprint density at radius 1 is 1.12 bits per heavy atom. The van der Waals surface area contributed by atoms with Gasteiger partial charge >= 0.3 is 0 Å². The Morgan fingerprint density at radius 2 is 1.91 bits per heavy atom. The van der Waals surface area contributed by atoms with E-state index in [2.05, 4.69) is 20.9 Å². The van der Waals surface area contributed by atoms with Crippen LogP contribution in [0.25, 0.3) is 10.9 Å². The van der Waals surface area contributed by atoms with Crippen molar-refractivity contribution in [1.82, 2.24) is 14.5 Å². The molecule has 5 rings (SSSR count). The highest BCUT2D eigenvalue weighted by Crippen LogP contribution is 2.24. The van der Waals surface area contributed by atoms with Gasteiger partial charge in [0.05, 0.1) is 35.3 Å². The second kappa shape index (κ2) is 8.60. The summed E-state index contributed by atoms with van der Waals surface area (Å²) in [7, 11) is 0. The zero-order chi connectivity index (χ0) is 22.1. The lowest BCUT2D eigenvalue weighted by Crippen LogP contribution is -2.45. The van der Waals surface area contributed by atoms with Crippen LogP contribution < -0.4 is 21.1 Å². The lowest BCUT2D eigenvalue weighted by atomic mass is 10.1. The van der Waals surface area contributed by atoms with Gasteiger partial charge in [0.25, 0.3) is 5.56 Å². The Bertz CT molecular complexity index is 1240. The maximum atomic E-state index is 13.8. The molecular weight excluding hydrogens is 402 g/mol. The third-order valence-corrected chi connectivity index (χ3v) is 6.44. The second-order valence-electron chi connectivity index (χ2n) is 8.67. The van der Waals surface area contributed by atoms with Crippen LogP contribution in [-0.2, 0) is 6.54 Å². The van der Waals surface area contributed by atoms with Gasteiger partial charge in [-0.25, -0.2) is 9.97 Å². The number of nitrogens with two attached hydrogens (primary N) is 1. The van der Waals surface area contributed by atoms with E-state index in [1.54, 1.807) is 16.8 Å². The van der Waals surface area contributed by atoms with Gasteiger partial charge in [-0.3, -0.25) is 9.36 Å². The lowest BCUT2D eigenvalue weighted by molar-refractivity contribution is 0.492. The van der Waals surface area contributed by atoms with Crippen LogP contribution in [0.4, 0.5) is 11.8 Å². The maximum absolute atomic E-state index is 13.8. The lowest BCUT2D eigenvalue weighted by Gasteiger charge is -2.33. The summed E-state index contributed by atoms with van der Waals surface area (Å²) in [6.45, 7) is 3.65. The number of aromatic nitrogens is 3. The quantitative estimate of drug-likeness (QED) is 0.678. The number of rotatable bonds is 4. The van der Waals surface area contributed by atoms with Crippen molar-refractivity contribution in [2.45, 2.75) is 38.3 Å². The Kier molecular flexibility index (Phi) is 5.50. The molecule has 3 aromatic rings. The molecule has 0 amide bonds.